The Morgan fingerprint density at radius 1 is 0.973 bits per heavy atom. The van der Waals surface area contributed by atoms with Crippen molar-refractivity contribution in [2.24, 2.45) is 0 Å². The summed E-state index contributed by atoms with van der Waals surface area (Å²) in [5, 5.41) is 8.70. The normalized spacial score (nSPS) is 14.5. The molecule has 2 aromatic heterocycles. The number of amides is 1. The fourth-order valence-electron chi connectivity index (χ4n) is 4.14. The van der Waals surface area contributed by atoms with Crippen LogP contribution < -0.4 is 9.62 Å². The van der Waals surface area contributed by atoms with Gasteiger partial charge in [-0.2, -0.15) is 21.6 Å². The Morgan fingerprint density at radius 3 is 2.19 bits per heavy atom. The molecule has 0 radical (unpaired) electrons. The number of rotatable bonds is 5. The molecule has 13 heteroatoms. The molecule has 1 fully saturated rings. The summed E-state index contributed by atoms with van der Waals surface area (Å²) in [6.45, 7) is 4.54. The number of carbonyl (C=O) groups is 1. The summed E-state index contributed by atoms with van der Waals surface area (Å²) in [6, 6.07) is 11.0. The first-order chi connectivity index (χ1) is 17.3. The van der Waals surface area contributed by atoms with E-state index in [9.17, 15) is 26.4 Å². The van der Waals surface area contributed by atoms with Gasteiger partial charge in [0, 0.05) is 31.7 Å². The lowest BCUT2D eigenvalue weighted by atomic mass is 9.98. The maximum atomic E-state index is 13.7. The van der Waals surface area contributed by atoms with E-state index in [1.54, 1.807) is 43.0 Å². The second-order valence-corrected chi connectivity index (χ2v) is 10.2. The Bertz CT molecular complexity index is 1420. The number of halogens is 3. The Balaban J connectivity index is 1.67. The van der Waals surface area contributed by atoms with E-state index in [2.05, 4.69) is 14.7 Å². The summed E-state index contributed by atoms with van der Waals surface area (Å²) < 4.78 is 69.5. The molecule has 37 heavy (non-hydrogen) atoms. The van der Waals surface area contributed by atoms with Gasteiger partial charge < -0.3 is 14.9 Å². The van der Waals surface area contributed by atoms with Gasteiger partial charge in [0.2, 0.25) is 0 Å². The van der Waals surface area contributed by atoms with Crippen LogP contribution in [0.15, 0.2) is 53.6 Å². The summed E-state index contributed by atoms with van der Waals surface area (Å²) in [5.41, 5.74) is 0.808. The maximum Gasteiger partial charge on any atom is 0.416 e. The van der Waals surface area contributed by atoms with E-state index in [1.165, 1.54) is 17.0 Å². The molecular formula is C24H24F3N5O4S. The smallest absolute Gasteiger partial charge is 0.416 e. The summed E-state index contributed by atoms with van der Waals surface area (Å²) >= 11 is 0. The van der Waals surface area contributed by atoms with Crippen LogP contribution in [0.4, 0.5) is 29.6 Å². The number of nitrogens with one attached hydrogen (secondary N) is 1. The largest absolute Gasteiger partial charge is 0.465 e. The number of carboxylic acid groups (broad SMARTS) is 1. The van der Waals surface area contributed by atoms with Crippen LogP contribution in [0.3, 0.4) is 0 Å². The zero-order valence-electron chi connectivity index (χ0n) is 20.0. The molecule has 4 rings (SSSR count). The van der Waals surface area contributed by atoms with E-state index in [0.717, 1.165) is 6.07 Å². The Hall–Kier alpha value is -3.87. The van der Waals surface area contributed by atoms with Gasteiger partial charge in [0.1, 0.15) is 11.6 Å². The average Bonchev–Trinajstić information content (AvgIpc) is 2.83. The lowest BCUT2D eigenvalue weighted by Gasteiger charge is -2.33. The highest BCUT2D eigenvalue weighted by molar-refractivity contribution is 7.92. The second kappa shape index (κ2) is 9.88. The standard InChI is InChI=1S/C24H24F3N5O4S/c1-15-5-3-6-16(2)22(15)18-13-17(24(25,26)27)14-19(28-18)30-37(35,36)21-8-4-7-20(29-21)31-9-11-32(12-10-31)23(33)34/h3-8,13-14H,9-12H2,1-2H3,(H,28,30)(H,33,34). The van der Waals surface area contributed by atoms with Gasteiger partial charge in [-0.05, 0) is 49.2 Å². The molecule has 0 atom stereocenters. The van der Waals surface area contributed by atoms with Crippen molar-refractivity contribution in [2.45, 2.75) is 25.0 Å². The van der Waals surface area contributed by atoms with Crippen molar-refractivity contribution in [1.82, 2.24) is 14.9 Å². The molecule has 3 aromatic rings. The zero-order chi connectivity index (χ0) is 27.0. The summed E-state index contributed by atoms with van der Waals surface area (Å²) in [6.07, 6.45) is -5.77. The molecule has 0 unspecified atom stereocenters. The minimum absolute atomic E-state index is 0.0128. The molecule has 0 bridgehead atoms. The molecule has 1 amide bonds. The molecule has 1 saturated heterocycles. The quantitative estimate of drug-likeness (QED) is 0.498. The Labute approximate surface area is 211 Å². The zero-order valence-corrected chi connectivity index (χ0v) is 20.8. The molecule has 0 aliphatic carbocycles. The van der Waals surface area contributed by atoms with E-state index in [1.807, 2.05) is 0 Å². The summed E-state index contributed by atoms with van der Waals surface area (Å²) in [4.78, 5) is 22.5. The second-order valence-electron chi connectivity index (χ2n) is 8.59. The van der Waals surface area contributed by atoms with E-state index < -0.39 is 38.7 Å². The van der Waals surface area contributed by atoms with Crippen molar-refractivity contribution >= 4 is 27.8 Å². The fraction of sp³-hybridized carbons (Fsp3) is 0.292. The van der Waals surface area contributed by atoms with E-state index in [0.29, 0.717) is 41.7 Å². The average molecular weight is 536 g/mol. The first-order valence-electron chi connectivity index (χ1n) is 11.2. The molecule has 1 aromatic carbocycles. The van der Waals surface area contributed by atoms with Gasteiger partial charge in [0.05, 0.1) is 11.3 Å². The van der Waals surface area contributed by atoms with E-state index in [-0.39, 0.29) is 18.8 Å². The van der Waals surface area contributed by atoms with Crippen molar-refractivity contribution < 1.29 is 31.5 Å². The van der Waals surface area contributed by atoms with Crippen molar-refractivity contribution in [1.29, 1.82) is 0 Å². The molecule has 3 heterocycles. The van der Waals surface area contributed by atoms with Crippen molar-refractivity contribution in [3.8, 4) is 11.3 Å². The number of piperazine rings is 1. The molecule has 1 aliphatic heterocycles. The maximum absolute atomic E-state index is 13.7. The van der Waals surface area contributed by atoms with Crippen LogP contribution in [-0.2, 0) is 16.2 Å². The minimum Gasteiger partial charge on any atom is -0.465 e. The number of benzene rings is 1. The lowest BCUT2D eigenvalue weighted by molar-refractivity contribution is -0.137. The monoisotopic (exact) mass is 535 g/mol. The number of sulfonamides is 1. The molecule has 9 nitrogen and oxygen atoms in total. The van der Waals surface area contributed by atoms with Gasteiger partial charge in [-0.25, -0.2) is 14.8 Å². The Morgan fingerprint density at radius 2 is 1.59 bits per heavy atom. The third-order valence-electron chi connectivity index (χ3n) is 5.99. The number of hydrogen-bond acceptors (Lipinski definition) is 6. The van der Waals surface area contributed by atoms with Crippen LogP contribution in [-0.4, -0.2) is 60.7 Å². The van der Waals surface area contributed by atoms with E-state index >= 15 is 0 Å². The van der Waals surface area contributed by atoms with Gasteiger partial charge in [0.15, 0.2) is 5.03 Å². The molecule has 2 N–H and O–H groups in total. The number of hydrogen-bond donors (Lipinski definition) is 2. The topological polar surface area (TPSA) is 116 Å². The number of nitrogens with zero attached hydrogens (tertiary/aromatic N) is 4. The Kier molecular flexibility index (Phi) is 7.00. The summed E-state index contributed by atoms with van der Waals surface area (Å²) in [5.74, 6) is -0.184. The minimum atomic E-state index is -4.73. The van der Waals surface area contributed by atoms with Crippen LogP contribution >= 0.6 is 0 Å². The van der Waals surface area contributed by atoms with E-state index in [4.69, 9.17) is 5.11 Å². The third-order valence-corrected chi connectivity index (χ3v) is 7.24. The molecule has 0 saturated carbocycles. The first kappa shape index (κ1) is 26.2. The number of pyridine rings is 2. The third kappa shape index (κ3) is 5.77. The summed E-state index contributed by atoms with van der Waals surface area (Å²) in [7, 11) is -4.40. The molecular weight excluding hydrogens is 511 g/mol. The van der Waals surface area contributed by atoms with Gasteiger partial charge in [-0.15, -0.1) is 0 Å². The van der Waals surface area contributed by atoms with Gasteiger partial charge in [-0.3, -0.25) is 4.72 Å². The van der Waals surface area contributed by atoms with Gasteiger partial charge in [-0.1, -0.05) is 24.3 Å². The SMILES string of the molecule is Cc1cccc(C)c1-c1cc(C(F)(F)F)cc(NS(=O)(=O)c2cccc(N3CCN(C(=O)O)CC3)n2)n1. The highest BCUT2D eigenvalue weighted by atomic mass is 32.2. The lowest BCUT2D eigenvalue weighted by Crippen LogP contribution is -2.48. The highest BCUT2D eigenvalue weighted by Crippen LogP contribution is 2.35. The van der Waals surface area contributed by atoms with Crippen molar-refractivity contribution in [3.63, 3.8) is 0 Å². The van der Waals surface area contributed by atoms with Gasteiger partial charge in [0.25, 0.3) is 10.0 Å². The predicted octanol–water partition coefficient (Wildman–Crippen LogP) is 4.38. The number of alkyl halides is 3. The number of anilines is 2. The first-order valence-corrected chi connectivity index (χ1v) is 12.7. The van der Waals surface area contributed by atoms with Crippen LogP contribution in [0.2, 0.25) is 0 Å². The van der Waals surface area contributed by atoms with Crippen molar-refractivity contribution in [2.75, 3.05) is 35.8 Å². The molecule has 1 aliphatic rings. The van der Waals surface area contributed by atoms with Crippen molar-refractivity contribution in [3.05, 3.63) is 65.2 Å². The van der Waals surface area contributed by atoms with Crippen LogP contribution in [0, 0.1) is 13.8 Å². The van der Waals surface area contributed by atoms with Crippen LogP contribution in [0.1, 0.15) is 16.7 Å². The molecule has 196 valence electrons. The molecule has 0 spiro atoms. The number of aryl methyl sites for hydroxylation is 2. The van der Waals surface area contributed by atoms with Gasteiger partial charge >= 0.3 is 12.3 Å². The van der Waals surface area contributed by atoms with Crippen LogP contribution in [0.25, 0.3) is 11.3 Å². The fourth-order valence-corrected chi connectivity index (χ4v) is 5.10. The van der Waals surface area contributed by atoms with Crippen LogP contribution in [0.5, 0.6) is 0 Å². The number of aromatic nitrogens is 2. The highest BCUT2D eigenvalue weighted by Gasteiger charge is 2.33. The predicted molar refractivity (Wildman–Crippen MR) is 131 cm³/mol.